The monoisotopic (exact) mass is 345 g/mol. The van der Waals surface area contributed by atoms with E-state index >= 15 is 0 Å². The number of aryl methyl sites for hydroxylation is 1. The maximum atomic E-state index is 9.49. The Balaban J connectivity index is 1.97. The van der Waals surface area contributed by atoms with Gasteiger partial charge in [-0.05, 0) is 55.9 Å². The molecule has 0 spiro atoms. The SMILES string of the molecule is CCCCCCCOc1ccc2c(c1)CCC=C[C@@H]2C[C@](C)(N)CO. The highest BCUT2D eigenvalue weighted by molar-refractivity contribution is 5.41. The van der Waals surface area contributed by atoms with E-state index < -0.39 is 5.54 Å². The molecule has 3 N–H and O–H groups in total. The Morgan fingerprint density at radius 3 is 2.80 bits per heavy atom. The normalized spacial score (nSPS) is 19.1. The Bertz CT molecular complexity index is 551. The van der Waals surface area contributed by atoms with E-state index in [0.717, 1.165) is 38.0 Å². The third-order valence-electron chi connectivity index (χ3n) is 5.03. The van der Waals surface area contributed by atoms with Crippen LogP contribution in [0.25, 0.3) is 0 Å². The lowest BCUT2D eigenvalue weighted by Gasteiger charge is -2.27. The Kier molecular flexibility index (Phi) is 7.98. The molecule has 25 heavy (non-hydrogen) atoms. The highest BCUT2D eigenvalue weighted by Gasteiger charge is 2.25. The summed E-state index contributed by atoms with van der Waals surface area (Å²) in [4.78, 5) is 0. The van der Waals surface area contributed by atoms with E-state index in [1.165, 1.54) is 36.8 Å². The van der Waals surface area contributed by atoms with E-state index in [0.29, 0.717) is 0 Å². The standard InChI is InChI=1S/C22H35NO2/c1-3-4-5-6-9-14-25-20-12-13-21-18(15-20)10-7-8-11-19(21)16-22(2,23)17-24/h8,11-13,15,19,24H,3-7,9-10,14,16-17,23H2,1-2H3/t19-,22+/m1/s1. The number of rotatable bonds is 10. The summed E-state index contributed by atoms with van der Waals surface area (Å²) in [5, 5.41) is 9.49. The van der Waals surface area contributed by atoms with Crippen LogP contribution in [-0.4, -0.2) is 23.9 Å². The number of benzene rings is 1. The number of allylic oxidation sites excluding steroid dienone is 2. The van der Waals surface area contributed by atoms with Crippen molar-refractivity contribution in [2.75, 3.05) is 13.2 Å². The van der Waals surface area contributed by atoms with Crippen molar-refractivity contribution in [1.82, 2.24) is 0 Å². The Morgan fingerprint density at radius 1 is 1.24 bits per heavy atom. The van der Waals surface area contributed by atoms with Gasteiger partial charge in [0.15, 0.2) is 0 Å². The van der Waals surface area contributed by atoms with Crippen molar-refractivity contribution in [3.63, 3.8) is 0 Å². The highest BCUT2D eigenvalue weighted by atomic mass is 16.5. The molecule has 1 aromatic carbocycles. The van der Waals surface area contributed by atoms with E-state index in [9.17, 15) is 5.11 Å². The van der Waals surface area contributed by atoms with Crippen molar-refractivity contribution in [1.29, 1.82) is 0 Å². The summed E-state index contributed by atoms with van der Waals surface area (Å²) in [6, 6.07) is 6.48. The van der Waals surface area contributed by atoms with Gasteiger partial charge < -0.3 is 15.6 Å². The Morgan fingerprint density at radius 2 is 2.04 bits per heavy atom. The van der Waals surface area contributed by atoms with Crippen LogP contribution in [0.4, 0.5) is 0 Å². The van der Waals surface area contributed by atoms with E-state index in [4.69, 9.17) is 10.5 Å². The fourth-order valence-electron chi connectivity index (χ4n) is 3.49. The van der Waals surface area contributed by atoms with Crippen LogP contribution in [0.15, 0.2) is 30.4 Å². The maximum absolute atomic E-state index is 9.49. The van der Waals surface area contributed by atoms with Crippen LogP contribution in [0.3, 0.4) is 0 Å². The quantitative estimate of drug-likeness (QED) is 0.476. The van der Waals surface area contributed by atoms with Gasteiger partial charge in [-0.2, -0.15) is 0 Å². The van der Waals surface area contributed by atoms with Crippen molar-refractivity contribution >= 4 is 0 Å². The van der Waals surface area contributed by atoms with E-state index in [2.05, 4.69) is 37.3 Å². The van der Waals surface area contributed by atoms with Crippen molar-refractivity contribution in [2.45, 2.75) is 76.7 Å². The summed E-state index contributed by atoms with van der Waals surface area (Å²) in [6.07, 6.45) is 13.6. The number of ether oxygens (including phenoxy) is 1. The van der Waals surface area contributed by atoms with E-state index in [1.807, 2.05) is 6.92 Å². The Hall–Kier alpha value is -1.32. The third kappa shape index (κ3) is 6.48. The summed E-state index contributed by atoms with van der Waals surface area (Å²) in [5.74, 6) is 1.25. The van der Waals surface area contributed by atoms with Gasteiger partial charge in [-0.3, -0.25) is 0 Å². The number of aliphatic hydroxyl groups excluding tert-OH is 1. The van der Waals surface area contributed by atoms with Gasteiger partial charge in [0.25, 0.3) is 0 Å². The highest BCUT2D eigenvalue weighted by Crippen LogP contribution is 2.34. The summed E-state index contributed by atoms with van der Waals surface area (Å²) in [6.45, 7) is 4.96. The lowest BCUT2D eigenvalue weighted by atomic mass is 9.84. The van der Waals surface area contributed by atoms with Gasteiger partial charge in [-0.15, -0.1) is 0 Å². The molecular formula is C22H35NO2. The zero-order valence-electron chi connectivity index (χ0n) is 16.0. The minimum Gasteiger partial charge on any atom is -0.494 e. The fraction of sp³-hybridized carbons (Fsp3) is 0.636. The van der Waals surface area contributed by atoms with Crippen molar-refractivity contribution in [3.8, 4) is 5.75 Å². The smallest absolute Gasteiger partial charge is 0.119 e. The molecule has 0 aromatic heterocycles. The molecule has 0 saturated carbocycles. The molecule has 0 unspecified atom stereocenters. The molecule has 0 aliphatic heterocycles. The number of hydrogen-bond donors (Lipinski definition) is 2. The van der Waals surface area contributed by atoms with Gasteiger partial charge in [0, 0.05) is 11.5 Å². The van der Waals surface area contributed by atoms with Crippen molar-refractivity contribution in [3.05, 3.63) is 41.5 Å². The van der Waals surface area contributed by atoms with Crippen LogP contribution < -0.4 is 10.5 Å². The molecule has 0 fully saturated rings. The summed E-state index contributed by atoms with van der Waals surface area (Å²) < 4.78 is 5.97. The van der Waals surface area contributed by atoms with E-state index in [1.54, 1.807) is 0 Å². The molecule has 2 atom stereocenters. The number of unbranched alkanes of at least 4 members (excludes halogenated alkanes) is 4. The fourth-order valence-corrected chi connectivity index (χ4v) is 3.49. The lowest BCUT2D eigenvalue weighted by Crippen LogP contribution is -2.41. The first-order valence-electron chi connectivity index (χ1n) is 9.88. The second-order valence-electron chi connectivity index (χ2n) is 7.71. The summed E-state index contributed by atoms with van der Waals surface area (Å²) >= 11 is 0. The van der Waals surface area contributed by atoms with Crippen LogP contribution in [0.5, 0.6) is 5.75 Å². The van der Waals surface area contributed by atoms with Crippen molar-refractivity contribution < 1.29 is 9.84 Å². The van der Waals surface area contributed by atoms with E-state index in [-0.39, 0.29) is 12.5 Å². The molecule has 0 amide bonds. The summed E-state index contributed by atoms with van der Waals surface area (Å²) in [7, 11) is 0. The number of fused-ring (bicyclic) bond motifs is 1. The maximum Gasteiger partial charge on any atom is 0.119 e. The minimum absolute atomic E-state index is 0.00585. The minimum atomic E-state index is -0.551. The topological polar surface area (TPSA) is 55.5 Å². The third-order valence-corrected chi connectivity index (χ3v) is 5.03. The molecule has 140 valence electrons. The van der Waals surface area contributed by atoms with Crippen LogP contribution in [0.1, 0.15) is 75.8 Å². The predicted molar refractivity (Wildman–Crippen MR) is 105 cm³/mol. The molecule has 1 aliphatic carbocycles. The van der Waals surface area contributed by atoms with Crippen molar-refractivity contribution in [2.24, 2.45) is 5.73 Å². The molecule has 1 aromatic rings. The molecule has 0 heterocycles. The lowest BCUT2D eigenvalue weighted by molar-refractivity contribution is 0.197. The molecule has 1 aliphatic rings. The predicted octanol–water partition coefficient (Wildman–Crippen LogP) is 4.72. The molecule has 0 radical (unpaired) electrons. The van der Waals surface area contributed by atoms with Gasteiger partial charge >= 0.3 is 0 Å². The average Bonchev–Trinajstić information content (AvgIpc) is 2.79. The number of aliphatic hydroxyl groups is 1. The molecule has 2 rings (SSSR count). The first-order chi connectivity index (χ1) is 12.1. The van der Waals surface area contributed by atoms with Crippen LogP contribution in [0.2, 0.25) is 0 Å². The number of hydrogen-bond acceptors (Lipinski definition) is 3. The van der Waals surface area contributed by atoms with Crippen LogP contribution >= 0.6 is 0 Å². The number of nitrogens with two attached hydrogens (primary N) is 1. The molecule has 0 bridgehead atoms. The first kappa shape index (κ1) is 20.0. The van der Waals surface area contributed by atoms with Gasteiger partial charge in [-0.25, -0.2) is 0 Å². The Labute approximate surface area is 153 Å². The zero-order chi connectivity index (χ0) is 18.1. The van der Waals surface area contributed by atoms with Gasteiger partial charge in [0.05, 0.1) is 13.2 Å². The molecular weight excluding hydrogens is 310 g/mol. The van der Waals surface area contributed by atoms with Gasteiger partial charge in [0.2, 0.25) is 0 Å². The second-order valence-corrected chi connectivity index (χ2v) is 7.71. The second kappa shape index (κ2) is 9.98. The molecule has 3 nitrogen and oxygen atoms in total. The largest absolute Gasteiger partial charge is 0.494 e. The van der Waals surface area contributed by atoms with Gasteiger partial charge in [-0.1, -0.05) is 50.8 Å². The molecule has 0 saturated heterocycles. The average molecular weight is 346 g/mol. The van der Waals surface area contributed by atoms with Gasteiger partial charge in [0.1, 0.15) is 5.75 Å². The zero-order valence-corrected chi connectivity index (χ0v) is 16.0. The summed E-state index contributed by atoms with van der Waals surface area (Å²) in [5.41, 5.74) is 8.32. The van der Waals surface area contributed by atoms with Crippen LogP contribution in [-0.2, 0) is 6.42 Å². The van der Waals surface area contributed by atoms with Crippen LogP contribution in [0, 0.1) is 0 Å². The first-order valence-corrected chi connectivity index (χ1v) is 9.88. The molecule has 3 heteroatoms.